The van der Waals surface area contributed by atoms with Crippen molar-refractivity contribution in [2.24, 2.45) is 5.73 Å². The molecule has 1 saturated carbocycles. The first kappa shape index (κ1) is 12.9. The lowest BCUT2D eigenvalue weighted by Gasteiger charge is -2.05. The van der Waals surface area contributed by atoms with Gasteiger partial charge in [0, 0.05) is 19.0 Å². The molecule has 1 fully saturated rings. The van der Waals surface area contributed by atoms with E-state index in [1.807, 2.05) is 0 Å². The Labute approximate surface area is 100 Å². The molecule has 2 amide bonds. The fourth-order valence-electron chi connectivity index (χ4n) is 1.23. The van der Waals surface area contributed by atoms with Crippen LogP contribution in [0.4, 0.5) is 0 Å². The second kappa shape index (κ2) is 6.42. The van der Waals surface area contributed by atoms with Gasteiger partial charge < -0.3 is 16.4 Å². The quantitative estimate of drug-likeness (QED) is 0.428. The highest BCUT2D eigenvalue weighted by Crippen LogP contribution is 2.18. The van der Waals surface area contributed by atoms with Crippen LogP contribution >= 0.6 is 12.2 Å². The molecule has 90 valence electrons. The van der Waals surface area contributed by atoms with Crippen molar-refractivity contribution >= 4 is 29.0 Å². The Hall–Kier alpha value is -1.17. The van der Waals surface area contributed by atoms with E-state index in [0.717, 1.165) is 12.8 Å². The Morgan fingerprint density at radius 3 is 2.56 bits per heavy atom. The largest absolute Gasteiger partial charge is 0.393 e. The normalized spacial score (nSPS) is 14.2. The third-order valence-electron chi connectivity index (χ3n) is 2.18. The second-order valence-electron chi connectivity index (χ2n) is 3.94. The summed E-state index contributed by atoms with van der Waals surface area (Å²) in [4.78, 5) is 22.5. The van der Waals surface area contributed by atoms with Crippen molar-refractivity contribution in [3.05, 3.63) is 0 Å². The highest BCUT2D eigenvalue weighted by molar-refractivity contribution is 7.80. The number of carbonyl (C=O) groups is 2. The van der Waals surface area contributed by atoms with Crippen molar-refractivity contribution < 1.29 is 9.59 Å². The predicted octanol–water partition coefficient (Wildman–Crippen LogP) is -0.162. The van der Waals surface area contributed by atoms with Crippen LogP contribution in [0.1, 0.15) is 32.1 Å². The molecule has 5 nitrogen and oxygen atoms in total. The van der Waals surface area contributed by atoms with Gasteiger partial charge in [-0.05, 0) is 19.3 Å². The summed E-state index contributed by atoms with van der Waals surface area (Å²) in [7, 11) is 0. The fourth-order valence-corrected chi connectivity index (χ4v) is 1.36. The van der Waals surface area contributed by atoms with E-state index < -0.39 is 0 Å². The highest BCUT2D eigenvalue weighted by atomic mass is 32.1. The van der Waals surface area contributed by atoms with Gasteiger partial charge in [0.2, 0.25) is 11.8 Å². The molecule has 0 aliphatic heterocycles. The summed E-state index contributed by atoms with van der Waals surface area (Å²) in [6.45, 7) is 0.486. The zero-order chi connectivity index (χ0) is 12.0. The van der Waals surface area contributed by atoms with Gasteiger partial charge in [0.25, 0.3) is 0 Å². The third-order valence-corrected chi connectivity index (χ3v) is 2.32. The van der Waals surface area contributed by atoms with Gasteiger partial charge in [-0.2, -0.15) is 0 Å². The average molecular weight is 243 g/mol. The average Bonchev–Trinajstić information content (AvgIpc) is 2.95. The molecule has 0 aromatic carbocycles. The molecule has 16 heavy (non-hydrogen) atoms. The van der Waals surface area contributed by atoms with E-state index >= 15 is 0 Å². The Kier molecular flexibility index (Phi) is 5.18. The Morgan fingerprint density at radius 1 is 1.31 bits per heavy atom. The number of nitrogens with two attached hydrogens (primary N) is 1. The van der Waals surface area contributed by atoms with Crippen molar-refractivity contribution in [2.75, 3.05) is 6.54 Å². The monoisotopic (exact) mass is 243 g/mol. The maximum absolute atomic E-state index is 11.3. The van der Waals surface area contributed by atoms with E-state index in [4.69, 9.17) is 5.73 Å². The molecule has 0 heterocycles. The number of amides is 2. The minimum absolute atomic E-state index is 0.0612. The van der Waals surface area contributed by atoms with Crippen molar-refractivity contribution in [1.29, 1.82) is 0 Å². The number of rotatable bonds is 7. The van der Waals surface area contributed by atoms with E-state index in [2.05, 4.69) is 22.9 Å². The molecule has 1 aliphatic rings. The number of thiocarbonyl (C=S) groups is 1. The summed E-state index contributed by atoms with van der Waals surface area (Å²) in [6, 6.07) is 0.400. The number of hydrogen-bond donors (Lipinski definition) is 3. The minimum atomic E-state index is -0.185. The molecular formula is C10H17N3O2S. The highest BCUT2D eigenvalue weighted by Gasteiger charge is 2.22. The third kappa shape index (κ3) is 6.34. The number of nitrogens with one attached hydrogen (secondary N) is 2. The standard InChI is InChI=1S/C10H17N3O2S/c11-8(16)6-10(15)12-5-1-2-9(14)13-7-3-4-7/h7H,1-6H2,(H2,11,16)(H,12,15)(H,13,14). The maximum Gasteiger partial charge on any atom is 0.226 e. The van der Waals surface area contributed by atoms with Gasteiger partial charge >= 0.3 is 0 Å². The van der Waals surface area contributed by atoms with Gasteiger partial charge in [-0.25, -0.2) is 0 Å². The van der Waals surface area contributed by atoms with Crippen LogP contribution in [0, 0.1) is 0 Å². The molecule has 0 unspecified atom stereocenters. The molecule has 0 aromatic rings. The van der Waals surface area contributed by atoms with Crippen LogP contribution in [0.15, 0.2) is 0 Å². The SMILES string of the molecule is NC(=S)CC(=O)NCCCC(=O)NC1CC1. The number of carbonyl (C=O) groups excluding carboxylic acids is 2. The zero-order valence-corrected chi connectivity index (χ0v) is 9.94. The first-order chi connectivity index (χ1) is 7.58. The van der Waals surface area contributed by atoms with E-state index in [1.165, 1.54) is 0 Å². The lowest BCUT2D eigenvalue weighted by Crippen LogP contribution is -2.30. The summed E-state index contributed by atoms with van der Waals surface area (Å²) in [5.74, 6) is -0.124. The Bertz CT molecular complexity index is 290. The molecule has 0 saturated heterocycles. The lowest BCUT2D eigenvalue weighted by atomic mass is 10.3. The van der Waals surface area contributed by atoms with Gasteiger partial charge in [0.05, 0.1) is 11.4 Å². The molecule has 6 heteroatoms. The molecule has 0 bridgehead atoms. The van der Waals surface area contributed by atoms with Gasteiger partial charge in [-0.1, -0.05) is 12.2 Å². The van der Waals surface area contributed by atoms with E-state index in [1.54, 1.807) is 0 Å². The van der Waals surface area contributed by atoms with E-state index in [9.17, 15) is 9.59 Å². The number of hydrogen-bond acceptors (Lipinski definition) is 3. The topological polar surface area (TPSA) is 84.2 Å². The van der Waals surface area contributed by atoms with Crippen molar-refractivity contribution in [3.63, 3.8) is 0 Å². The molecule has 0 aromatic heterocycles. The van der Waals surface area contributed by atoms with E-state index in [0.29, 0.717) is 25.4 Å². The van der Waals surface area contributed by atoms with Crippen LogP contribution in [0.5, 0.6) is 0 Å². The lowest BCUT2D eigenvalue weighted by molar-refractivity contribution is -0.122. The summed E-state index contributed by atoms with van der Waals surface area (Å²) in [5.41, 5.74) is 5.21. The van der Waals surface area contributed by atoms with Crippen molar-refractivity contribution in [3.8, 4) is 0 Å². The maximum atomic E-state index is 11.3. The van der Waals surface area contributed by atoms with Crippen LogP contribution in [0.3, 0.4) is 0 Å². The van der Waals surface area contributed by atoms with E-state index in [-0.39, 0.29) is 23.2 Å². The molecule has 1 rings (SSSR count). The van der Waals surface area contributed by atoms with Gasteiger partial charge in [-0.15, -0.1) is 0 Å². The van der Waals surface area contributed by atoms with Crippen LogP contribution in [0.25, 0.3) is 0 Å². The van der Waals surface area contributed by atoms with Crippen molar-refractivity contribution in [2.45, 2.75) is 38.1 Å². The van der Waals surface area contributed by atoms with Crippen LogP contribution in [0.2, 0.25) is 0 Å². The Morgan fingerprint density at radius 2 is 2.00 bits per heavy atom. The molecular weight excluding hydrogens is 226 g/mol. The van der Waals surface area contributed by atoms with Crippen LogP contribution < -0.4 is 16.4 Å². The summed E-state index contributed by atoms with van der Waals surface area (Å²) in [5, 5.41) is 5.53. The summed E-state index contributed by atoms with van der Waals surface area (Å²) in [6.07, 6.45) is 3.35. The summed E-state index contributed by atoms with van der Waals surface area (Å²) < 4.78 is 0. The Balaban J connectivity index is 1.95. The second-order valence-corrected chi connectivity index (χ2v) is 4.46. The van der Waals surface area contributed by atoms with Crippen LogP contribution in [-0.4, -0.2) is 29.4 Å². The first-order valence-corrected chi connectivity index (χ1v) is 5.83. The molecule has 0 radical (unpaired) electrons. The molecule has 4 N–H and O–H groups in total. The first-order valence-electron chi connectivity index (χ1n) is 5.42. The van der Waals surface area contributed by atoms with Crippen LogP contribution in [-0.2, 0) is 9.59 Å². The van der Waals surface area contributed by atoms with Gasteiger partial charge in [0.1, 0.15) is 0 Å². The molecule has 0 spiro atoms. The zero-order valence-electron chi connectivity index (χ0n) is 9.12. The van der Waals surface area contributed by atoms with Crippen molar-refractivity contribution in [1.82, 2.24) is 10.6 Å². The smallest absolute Gasteiger partial charge is 0.226 e. The fraction of sp³-hybridized carbons (Fsp3) is 0.700. The summed E-state index contributed by atoms with van der Waals surface area (Å²) >= 11 is 4.60. The molecule has 0 atom stereocenters. The predicted molar refractivity (Wildman–Crippen MR) is 64.8 cm³/mol. The van der Waals surface area contributed by atoms with Gasteiger partial charge in [-0.3, -0.25) is 9.59 Å². The van der Waals surface area contributed by atoms with Gasteiger partial charge in [0.15, 0.2) is 0 Å². The molecule has 1 aliphatic carbocycles. The minimum Gasteiger partial charge on any atom is -0.393 e.